The van der Waals surface area contributed by atoms with Crippen LogP contribution in [0.25, 0.3) is 78.1 Å². The van der Waals surface area contributed by atoms with Crippen molar-refractivity contribution in [2.24, 2.45) is 0 Å². The topological polar surface area (TPSA) is 58.8 Å². The Morgan fingerprint density at radius 3 is 1.66 bits per heavy atom. The molecule has 1 aliphatic carbocycles. The van der Waals surface area contributed by atoms with Crippen LogP contribution in [0.2, 0.25) is 0 Å². The monoisotopic (exact) mass is 789 g/mol. The van der Waals surface area contributed by atoms with Gasteiger partial charge in [-0.15, -0.1) is 0 Å². The third-order valence-electron chi connectivity index (χ3n) is 12.6. The maximum atomic E-state index is 9.47. The Morgan fingerprint density at radius 2 is 0.952 bits per heavy atom. The minimum Gasteiger partial charge on any atom is -0.456 e. The third kappa shape index (κ3) is 5.32. The lowest BCUT2D eigenvalue weighted by Crippen LogP contribution is -2.32. The zero-order chi connectivity index (χ0) is 41.2. The molecular weight excluding hydrogens is 755 g/mol. The highest BCUT2D eigenvalue weighted by Gasteiger charge is 2.52. The number of hydrogen-bond acceptors (Lipinski definition) is 4. The average Bonchev–Trinajstić information content (AvgIpc) is 3.65. The van der Waals surface area contributed by atoms with Crippen molar-refractivity contribution >= 4 is 10.8 Å². The fourth-order valence-electron chi connectivity index (χ4n) is 9.96. The van der Waals surface area contributed by atoms with E-state index in [9.17, 15) is 5.26 Å². The summed E-state index contributed by atoms with van der Waals surface area (Å²) in [6.45, 7) is 0. The van der Waals surface area contributed by atoms with E-state index in [4.69, 9.17) is 14.7 Å². The summed E-state index contributed by atoms with van der Waals surface area (Å²) >= 11 is 0. The second-order valence-electron chi connectivity index (χ2n) is 15.9. The number of rotatable bonds is 5. The molecule has 0 radical (unpaired) electrons. The van der Waals surface area contributed by atoms with Gasteiger partial charge in [0.1, 0.15) is 11.5 Å². The molecule has 1 atom stereocenters. The van der Waals surface area contributed by atoms with Crippen LogP contribution in [0.15, 0.2) is 212 Å². The summed E-state index contributed by atoms with van der Waals surface area (Å²) in [6.07, 6.45) is 0. The van der Waals surface area contributed by atoms with Crippen LogP contribution in [0.5, 0.6) is 11.5 Å². The Bertz CT molecular complexity index is 3390. The van der Waals surface area contributed by atoms with Crippen LogP contribution in [0.4, 0.5) is 0 Å². The first-order chi connectivity index (χ1) is 30.7. The van der Waals surface area contributed by atoms with Crippen LogP contribution in [0, 0.1) is 11.3 Å². The predicted molar refractivity (Wildman–Crippen MR) is 249 cm³/mol. The molecule has 9 aromatic carbocycles. The number of aromatic nitrogens is 2. The maximum absolute atomic E-state index is 9.47. The SMILES string of the molecule is N#Cc1ccc(-c2ccc(-c3cccc4c3Oc3ccccc3C43c4ccccc4-c4c(-c5nc(-c6ccccc6)cc(-c6ccccc6)n5)cccc43)c3ccccc23)cc1. The average molecular weight is 790 g/mol. The largest absolute Gasteiger partial charge is 0.456 e. The quantitative estimate of drug-likeness (QED) is 0.174. The highest BCUT2D eigenvalue weighted by atomic mass is 16.5. The zero-order valence-electron chi connectivity index (χ0n) is 33.5. The first kappa shape index (κ1) is 35.5. The number of fused-ring (bicyclic) bond motifs is 10. The predicted octanol–water partition coefficient (Wildman–Crippen LogP) is 14.3. The van der Waals surface area contributed by atoms with E-state index < -0.39 is 5.41 Å². The molecule has 10 aromatic rings. The van der Waals surface area contributed by atoms with Crippen molar-refractivity contribution < 1.29 is 4.74 Å². The third-order valence-corrected chi connectivity index (χ3v) is 12.6. The zero-order valence-corrected chi connectivity index (χ0v) is 33.5. The number of benzene rings is 9. The van der Waals surface area contributed by atoms with Crippen LogP contribution >= 0.6 is 0 Å². The van der Waals surface area contributed by atoms with Gasteiger partial charge in [-0.1, -0.05) is 188 Å². The van der Waals surface area contributed by atoms with Crippen molar-refractivity contribution in [3.05, 3.63) is 240 Å². The molecule has 0 N–H and O–H groups in total. The van der Waals surface area contributed by atoms with Gasteiger partial charge in [-0.3, -0.25) is 0 Å². The molecule has 0 fully saturated rings. The van der Waals surface area contributed by atoms with Crippen LogP contribution in [0.3, 0.4) is 0 Å². The van der Waals surface area contributed by atoms with E-state index in [1.807, 2.05) is 36.4 Å². The molecule has 12 rings (SSSR count). The normalized spacial score (nSPS) is 14.3. The summed E-state index contributed by atoms with van der Waals surface area (Å²) in [7, 11) is 0. The Hall–Kier alpha value is -8.39. The molecule has 0 bridgehead atoms. The molecule has 0 amide bonds. The second-order valence-corrected chi connectivity index (χ2v) is 15.9. The molecule has 4 heteroatoms. The van der Waals surface area contributed by atoms with Gasteiger partial charge in [0.2, 0.25) is 0 Å². The van der Waals surface area contributed by atoms with Crippen molar-refractivity contribution in [3.8, 4) is 84.9 Å². The van der Waals surface area contributed by atoms with Crippen molar-refractivity contribution in [3.63, 3.8) is 0 Å². The molecule has 1 aliphatic heterocycles. The summed E-state index contributed by atoms with van der Waals surface area (Å²) in [5, 5.41) is 11.7. The molecule has 1 spiro atoms. The van der Waals surface area contributed by atoms with Crippen LogP contribution in [-0.4, -0.2) is 9.97 Å². The van der Waals surface area contributed by atoms with E-state index >= 15 is 0 Å². The molecule has 1 unspecified atom stereocenters. The highest BCUT2D eigenvalue weighted by molar-refractivity contribution is 6.06. The van der Waals surface area contributed by atoms with Gasteiger partial charge in [-0.05, 0) is 74.0 Å². The van der Waals surface area contributed by atoms with Gasteiger partial charge >= 0.3 is 0 Å². The summed E-state index contributed by atoms with van der Waals surface area (Å²) in [5.74, 6) is 2.34. The second kappa shape index (κ2) is 14.1. The minimum absolute atomic E-state index is 0.643. The number of ether oxygens (including phenoxy) is 1. The van der Waals surface area contributed by atoms with Gasteiger partial charge < -0.3 is 4.74 Å². The molecule has 2 heterocycles. The molecule has 288 valence electrons. The van der Waals surface area contributed by atoms with Crippen molar-refractivity contribution in [1.29, 1.82) is 5.26 Å². The summed E-state index contributed by atoms with van der Waals surface area (Å²) < 4.78 is 7.16. The Balaban J connectivity index is 1.11. The maximum Gasteiger partial charge on any atom is 0.161 e. The molecule has 0 saturated heterocycles. The van der Waals surface area contributed by atoms with Gasteiger partial charge in [0.05, 0.1) is 28.4 Å². The van der Waals surface area contributed by atoms with Gasteiger partial charge in [0.15, 0.2) is 5.82 Å². The molecule has 1 aromatic heterocycles. The van der Waals surface area contributed by atoms with Crippen molar-refractivity contribution in [2.45, 2.75) is 5.41 Å². The Morgan fingerprint density at radius 1 is 0.403 bits per heavy atom. The van der Waals surface area contributed by atoms with E-state index in [1.165, 1.54) is 11.1 Å². The Kier molecular flexibility index (Phi) is 8.10. The van der Waals surface area contributed by atoms with Gasteiger partial charge in [0, 0.05) is 33.4 Å². The summed E-state index contributed by atoms with van der Waals surface area (Å²) in [6, 6.07) is 76.5. The van der Waals surface area contributed by atoms with Crippen LogP contribution in [0.1, 0.15) is 27.8 Å². The van der Waals surface area contributed by atoms with E-state index in [0.29, 0.717) is 11.4 Å². The number of para-hydroxylation sites is 2. The van der Waals surface area contributed by atoms with E-state index in [1.54, 1.807) is 0 Å². The van der Waals surface area contributed by atoms with Crippen molar-refractivity contribution in [1.82, 2.24) is 9.97 Å². The molecule has 62 heavy (non-hydrogen) atoms. The standard InChI is InChI=1S/C58H35N3O/c59-36-37-29-31-38(32-30-37)41-33-34-44(43-20-8-7-19-42(41)43)45-22-13-27-51-56(45)62-54-28-12-11-25-49(54)58(51)48-24-10-9-21-46(48)55-47(23-14-26-50(55)58)57-60-52(39-15-3-1-4-16-39)35-53(61-57)40-17-5-2-6-18-40/h1-35H. The lowest BCUT2D eigenvalue weighted by atomic mass is 9.65. The van der Waals surface area contributed by atoms with Crippen LogP contribution < -0.4 is 4.74 Å². The van der Waals surface area contributed by atoms with E-state index in [2.05, 4.69) is 182 Å². The Labute approximate surface area is 359 Å². The lowest BCUT2D eigenvalue weighted by Gasteiger charge is -2.40. The molecule has 2 aliphatic rings. The summed E-state index contributed by atoms with van der Waals surface area (Å²) in [5.41, 5.74) is 15.8. The van der Waals surface area contributed by atoms with Gasteiger partial charge in [-0.25, -0.2) is 9.97 Å². The van der Waals surface area contributed by atoms with Gasteiger partial charge in [-0.2, -0.15) is 5.26 Å². The number of nitriles is 1. The van der Waals surface area contributed by atoms with E-state index in [0.717, 1.165) is 94.9 Å². The van der Waals surface area contributed by atoms with Crippen molar-refractivity contribution in [2.75, 3.05) is 0 Å². The fourth-order valence-corrected chi connectivity index (χ4v) is 9.96. The van der Waals surface area contributed by atoms with Crippen LogP contribution in [-0.2, 0) is 5.41 Å². The minimum atomic E-state index is -0.709. The smallest absolute Gasteiger partial charge is 0.161 e. The molecule has 4 nitrogen and oxygen atoms in total. The highest BCUT2D eigenvalue weighted by Crippen LogP contribution is 2.64. The van der Waals surface area contributed by atoms with E-state index in [-0.39, 0.29) is 0 Å². The number of hydrogen-bond donors (Lipinski definition) is 0. The first-order valence-corrected chi connectivity index (χ1v) is 20.9. The summed E-state index contributed by atoms with van der Waals surface area (Å²) in [4.78, 5) is 10.7. The molecule has 0 saturated carbocycles. The number of nitrogens with zero attached hydrogens (tertiary/aromatic N) is 3. The molecular formula is C58H35N3O. The fraction of sp³-hybridized carbons (Fsp3) is 0.0172. The van der Waals surface area contributed by atoms with Gasteiger partial charge in [0.25, 0.3) is 0 Å². The first-order valence-electron chi connectivity index (χ1n) is 20.9. The lowest BCUT2D eigenvalue weighted by molar-refractivity contribution is 0.438.